The molecule has 114 valence electrons. The molecule has 5 heteroatoms. The highest BCUT2D eigenvalue weighted by Gasteiger charge is 2.13. The fourth-order valence-corrected chi connectivity index (χ4v) is 2.32. The second-order valence-corrected chi connectivity index (χ2v) is 7.17. The minimum absolute atomic E-state index is 0.0619. The van der Waals surface area contributed by atoms with Gasteiger partial charge in [0.2, 0.25) is 0 Å². The fourth-order valence-electron chi connectivity index (χ4n) is 1.99. The van der Waals surface area contributed by atoms with Gasteiger partial charge in [-0.1, -0.05) is 22.0 Å². The molecule has 0 amide bonds. The van der Waals surface area contributed by atoms with Gasteiger partial charge in [-0.05, 0) is 39.8 Å². The van der Waals surface area contributed by atoms with Crippen LogP contribution in [0.15, 0.2) is 28.9 Å². The third-order valence-corrected chi connectivity index (χ3v) is 3.84. The summed E-state index contributed by atoms with van der Waals surface area (Å²) >= 11 is 3.27. The highest BCUT2D eigenvalue weighted by molar-refractivity contribution is 9.10. The first kappa shape index (κ1) is 16.2. The standard InChI is InChI=1S/C16H21BrFN3/c1-11-13(8-19-16(2,3)4)9-20-21(11)10-12-5-6-14(17)7-15(12)18/h5-7,9,19H,8,10H2,1-4H3. The first-order valence-corrected chi connectivity index (χ1v) is 7.76. The van der Waals surface area contributed by atoms with Crippen molar-refractivity contribution in [3.05, 3.63) is 51.5 Å². The van der Waals surface area contributed by atoms with Crippen molar-refractivity contribution in [3.63, 3.8) is 0 Å². The average Bonchev–Trinajstić information content (AvgIpc) is 2.71. The summed E-state index contributed by atoms with van der Waals surface area (Å²) in [5.41, 5.74) is 2.91. The van der Waals surface area contributed by atoms with Gasteiger partial charge in [0.25, 0.3) is 0 Å². The number of hydrogen-bond acceptors (Lipinski definition) is 2. The van der Waals surface area contributed by atoms with Gasteiger partial charge in [-0.3, -0.25) is 4.68 Å². The number of halogens is 2. The van der Waals surface area contributed by atoms with Crippen LogP contribution in [-0.2, 0) is 13.1 Å². The molecule has 3 nitrogen and oxygen atoms in total. The van der Waals surface area contributed by atoms with Crippen LogP contribution in [0.4, 0.5) is 4.39 Å². The molecule has 0 aliphatic carbocycles. The normalized spacial score (nSPS) is 11.9. The molecule has 0 radical (unpaired) electrons. The summed E-state index contributed by atoms with van der Waals surface area (Å²) in [6.45, 7) is 9.61. The van der Waals surface area contributed by atoms with Crippen LogP contribution in [0.2, 0.25) is 0 Å². The summed E-state index contributed by atoms with van der Waals surface area (Å²) in [6, 6.07) is 5.11. The first-order valence-electron chi connectivity index (χ1n) is 6.96. The molecule has 0 unspecified atom stereocenters. The molecule has 1 aromatic heterocycles. The van der Waals surface area contributed by atoms with Crippen LogP contribution in [0.3, 0.4) is 0 Å². The molecule has 0 saturated carbocycles. The highest BCUT2D eigenvalue weighted by Crippen LogP contribution is 2.17. The van der Waals surface area contributed by atoms with Crippen molar-refractivity contribution in [1.82, 2.24) is 15.1 Å². The Morgan fingerprint density at radius 1 is 1.29 bits per heavy atom. The van der Waals surface area contributed by atoms with Gasteiger partial charge in [0.05, 0.1) is 12.7 Å². The first-order chi connectivity index (χ1) is 9.76. The van der Waals surface area contributed by atoms with Crippen LogP contribution < -0.4 is 5.32 Å². The van der Waals surface area contributed by atoms with Gasteiger partial charge in [-0.15, -0.1) is 0 Å². The van der Waals surface area contributed by atoms with E-state index in [1.54, 1.807) is 6.07 Å². The monoisotopic (exact) mass is 353 g/mol. The van der Waals surface area contributed by atoms with Crippen LogP contribution in [0, 0.1) is 12.7 Å². The molecule has 0 spiro atoms. The average molecular weight is 354 g/mol. The summed E-state index contributed by atoms with van der Waals surface area (Å²) < 4.78 is 16.5. The minimum atomic E-state index is -0.214. The zero-order valence-electron chi connectivity index (χ0n) is 12.9. The van der Waals surface area contributed by atoms with Gasteiger partial charge in [-0.25, -0.2) is 4.39 Å². The molecule has 0 bridgehead atoms. The summed E-state index contributed by atoms with van der Waals surface area (Å²) in [5, 5.41) is 7.81. The Morgan fingerprint density at radius 2 is 2.00 bits per heavy atom. The molecule has 21 heavy (non-hydrogen) atoms. The van der Waals surface area contributed by atoms with E-state index in [9.17, 15) is 4.39 Å². The lowest BCUT2D eigenvalue weighted by atomic mass is 10.1. The lowest BCUT2D eigenvalue weighted by Crippen LogP contribution is -2.35. The molecule has 0 aliphatic rings. The van der Waals surface area contributed by atoms with E-state index in [0.717, 1.165) is 22.3 Å². The molecule has 0 saturated heterocycles. The lowest BCUT2D eigenvalue weighted by molar-refractivity contribution is 0.423. The maximum absolute atomic E-state index is 13.9. The van der Waals surface area contributed by atoms with Crippen molar-refractivity contribution < 1.29 is 4.39 Å². The smallest absolute Gasteiger partial charge is 0.129 e. The van der Waals surface area contributed by atoms with Gasteiger partial charge in [0.1, 0.15) is 5.82 Å². The summed E-state index contributed by atoms with van der Waals surface area (Å²) in [4.78, 5) is 0. The molecule has 0 fully saturated rings. The zero-order chi connectivity index (χ0) is 15.6. The Morgan fingerprint density at radius 3 is 2.62 bits per heavy atom. The number of rotatable bonds is 4. The van der Waals surface area contributed by atoms with E-state index in [1.165, 1.54) is 6.07 Å². The maximum atomic E-state index is 13.9. The van der Waals surface area contributed by atoms with Gasteiger partial charge >= 0.3 is 0 Å². The molecular weight excluding hydrogens is 333 g/mol. The van der Waals surface area contributed by atoms with Gasteiger partial charge in [-0.2, -0.15) is 5.10 Å². The molecule has 1 N–H and O–H groups in total. The summed E-state index contributed by atoms with van der Waals surface area (Å²) in [6.07, 6.45) is 1.85. The second kappa shape index (κ2) is 6.28. The van der Waals surface area contributed by atoms with E-state index in [1.807, 2.05) is 23.9 Å². The molecule has 1 heterocycles. The summed E-state index contributed by atoms with van der Waals surface area (Å²) in [5.74, 6) is -0.214. The Labute approximate surface area is 133 Å². The van der Waals surface area contributed by atoms with Crippen LogP contribution in [0.5, 0.6) is 0 Å². The van der Waals surface area contributed by atoms with Gasteiger partial charge in [0, 0.05) is 33.4 Å². The molecule has 0 atom stereocenters. The van der Waals surface area contributed by atoms with Crippen molar-refractivity contribution in [2.75, 3.05) is 0 Å². The van der Waals surface area contributed by atoms with E-state index in [-0.39, 0.29) is 11.4 Å². The van der Waals surface area contributed by atoms with Crippen molar-refractivity contribution >= 4 is 15.9 Å². The van der Waals surface area contributed by atoms with Crippen LogP contribution in [0.1, 0.15) is 37.6 Å². The van der Waals surface area contributed by atoms with Crippen molar-refractivity contribution in [1.29, 1.82) is 0 Å². The van der Waals surface area contributed by atoms with Crippen LogP contribution in [0.25, 0.3) is 0 Å². The van der Waals surface area contributed by atoms with Crippen LogP contribution >= 0.6 is 15.9 Å². The van der Waals surface area contributed by atoms with Crippen molar-refractivity contribution in [3.8, 4) is 0 Å². The molecular formula is C16H21BrFN3. The second-order valence-electron chi connectivity index (χ2n) is 6.25. The Balaban J connectivity index is 2.13. The van der Waals surface area contributed by atoms with E-state index in [2.05, 4.69) is 47.1 Å². The molecule has 2 rings (SSSR count). The Kier molecular flexibility index (Phi) is 4.84. The van der Waals surface area contributed by atoms with E-state index in [4.69, 9.17) is 0 Å². The number of aromatic nitrogens is 2. The minimum Gasteiger partial charge on any atom is -0.308 e. The number of benzene rings is 1. The third-order valence-electron chi connectivity index (χ3n) is 3.35. The third kappa shape index (κ3) is 4.38. The molecule has 1 aromatic carbocycles. The van der Waals surface area contributed by atoms with Gasteiger partial charge < -0.3 is 5.32 Å². The number of hydrogen-bond donors (Lipinski definition) is 1. The zero-order valence-corrected chi connectivity index (χ0v) is 14.5. The Bertz CT molecular complexity index is 629. The lowest BCUT2D eigenvalue weighted by Gasteiger charge is -2.20. The van der Waals surface area contributed by atoms with E-state index in [0.29, 0.717) is 12.1 Å². The highest BCUT2D eigenvalue weighted by atomic mass is 79.9. The topological polar surface area (TPSA) is 29.9 Å². The maximum Gasteiger partial charge on any atom is 0.129 e. The van der Waals surface area contributed by atoms with Crippen molar-refractivity contribution in [2.45, 2.75) is 46.3 Å². The van der Waals surface area contributed by atoms with E-state index >= 15 is 0 Å². The largest absolute Gasteiger partial charge is 0.308 e. The van der Waals surface area contributed by atoms with Crippen LogP contribution in [-0.4, -0.2) is 15.3 Å². The van der Waals surface area contributed by atoms with Gasteiger partial charge in [0.15, 0.2) is 0 Å². The molecule has 0 aliphatic heterocycles. The predicted molar refractivity (Wildman–Crippen MR) is 86.8 cm³/mol. The predicted octanol–water partition coefficient (Wildman–Crippen LogP) is 4.03. The molecule has 2 aromatic rings. The number of nitrogens with one attached hydrogen (secondary N) is 1. The van der Waals surface area contributed by atoms with E-state index < -0.39 is 0 Å². The number of nitrogens with zero attached hydrogens (tertiary/aromatic N) is 2. The van der Waals surface area contributed by atoms with Crippen molar-refractivity contribution in [2.24, 2.45) is 0 Å². The quantitative estimate of drug-likeness (QED) is 0.899. The Hall–Kier alpha value is -1.20. The summed E-state index contributed by atoms with van der Waals surface area (Å²) in [7, 11) is 0. The SMILES string of the molecule is Cc1c(CNC(C)(C)C)cnn1Cc1ccc(Br)cc1F. The fraction of sp³-hybridized carbons (Fsp3) is 0.438.